The lowest BCUT2D eigenvalue weighted by Crippen LogP contribution is -2.43. The smallest absolute Gasteiger partial charge is 0.176 e. The van der Waals surface area contributed by atoms with E-state index in [1.54, 1.807) is 0 Å². The molecule has 0 unspecified atom stereocenters. The maximum absolute atomic E-state index is 12.2. The Hall–Kier alpha value is -1.19. The lowest BCUT2D eigenvalue weighted by atomic mass is 10.0. The fourth-order valence-electron chi connectivity index (χ4n) is 2.62. The molecular formula is C16H24N2O. The summed E-state index contributed by atoms with van der Waals surface area (Å²) in [6.07, 6.45) is 3.29. The molecule has 3 nitrogen and oxygen atoms in total. The Balaban J connectivity index is 1.91. The fourth-order valence-corrected chi connectivity index (χ4v) is 2.62. The zero-order chi connectivity index (χ0) is 13.7. The molecule has 0 amide bonds. The Kier molecular flexibility index (Phi) is 5.11. The lowest BCUT2D eigenvalue weighted by molar-refractivity contribution is 0.0903. The van der Waals surface area contributed by atoms with Gasteiger partial charge in [0.05, 0.1) is 6.54 Å². The summed E-state index contributed by atoms with van der Waals surface area (Å²) in [5, 5.41) is 3.36. The summed E-state index contributed by atoms with van der Waals surface area (Å²) in [5.41, 5.74) is 2.11. The molecule has 2 rings (SSSR count). The van der Waals surface area contributed by atoms with Gasteiger partial charge in [-0.25, -0.2) is 0 Å². The van der Waals surface area contributed by atoms with Crippen molar-refractivity contribution >= 4 is 5.78 Å². The second-order valence-corrected chi connectivity index (χ2v) is 5.37. The second kappa shape index (κ2) is 6.83. The van der Waals surface area contributed by atoms with Crippen molar-refractivity contribution in [3.63, 3.8) is 0 Å². The van der Waals surface area contributed by atoms with Gasteiger partial charge in [0.1, 0.15) is 0 Å². The first-order valence-corrected chi connectivity index (χ1v) is 7.23. The van der Waals surface area contributed by atoms with Crippen LogP contribution < -0.4 is 5.32 Å². The van der Waals surface area contributed by atoms with Crippen LogP contribution in [0.3, 0.4) is 0 Å². The van der Waals surface area contributed by atoms with E-state index < -0.39 is 0 Å². The highest BCUT2D eigenvalue weighted by Gasteiger charge is 2.20. The van der Waals surface area contributed by atoms with Crippen LogP contribution in [0.5, 0.6) is 0 Å². The molecular weight excluding hydrogens is 236 g/mol. The van der Waals surface area contributed by atoms with E-state index in [0.29, 0.717) is 12.6 Å². The van der Waals surface area contributed by atoms with Gasteiger partial charge in [0.25, 0.3) is 0 Å². The number of Topliss-reactive ketones (excluding diaryl/α,β-unsaturated/α-hetero) is 1. The van der Waals surface area contributed by atoms with E-state index in [0.717, 1.165) is 37.9 Å². The summed E-state index contributed by atoms with van der Waals surface area (Å²) >= 11 is 0. The van der Waals surface area contributed by atoms with E-state index in [1.165, 1.54) is 5.56 Å². The molecule has 1 N–H and O–H groups in total. The molecule has 0 aromatic heterocycles. The Morgan fingerprint density at radius 2 is 1.89 bits per heavy atom. The second-order valence-electron chi connectivity index (χ2n) is 5.37. The van der Waals surface area contributed by atoms with Crippen molar-refractivity contribution in [1.82, 2.24) is 10.2 Å². The first kappa shape index (κ1) is 14.2. The predicted octanol–water partition coefficient (Wildman–Crippen LogP) is 2.12. The topological polar surface area (TPSA) is 32.3 Å². The number of ketones is 1. The summed E-state index contributed by atoms with van der Waals surface area (Å²) < 4.78 is 0. The molecule has 0 bridgehead atoms. The third-order valence-electron chi connectivity index (χ3n) is 4.01. The summed E-state index contributed by atoms with van der Waals surface area (Å²) in [6.45, 7) is 4.78. The highest BCUT2D eigenvalue weighted by Crippen LogP contribution is 2.12. The quantitative estimate of drug-likeness (QED) is 0.823. The lowest BCUT2D eigenvalue weighted by Gasteiger charge is -2.31. The average molecular weight is 260 g/mol. The molecule has 1 aromatic carbocycles. The van der Waals surface area contributed by atoms with Crippen LogP contribution in [0.1, 0.15) is 35.7 Å². The highest BCUT2D eigenvalue weighted by molar-refractivity contribution is 5.97. The van der Waals surface area contributed by atoms with Crippen LogP contribution in [-0.2, 0) is 6.42 Å². The van der Waals surface area contributed by atoms with Crippen molar-refractivity contribution in [3.05, 3.63) is 35.4 Å². The minimum Gasteiger partial charge on any atom is -0.317 e. The number of aryl methyl sites for hydroxylation is 1. The van der Waals surface area contributed by atoms with Crippen LogP contribution in [0.15, 0.2) is 24.3 Å². The van der Waals surface area contributed by atoms with Crippen LogP contribution in [0.25, 0.3) is 0 Å². The van der Waals surface area contributed by atoms with Crippen LogP contribution in [0, 0.1) is 0 Å². The number of nitrogens with zero attached hydrogens (tertiary/aromatic N) is 1. The number of hydrogen-bond donors (Lipinski definition) is 1. The standard InChI is InChI=1S/C16H24N2O/c1-3-13-4-6-14(7-5-13)16(19)12-18(2)15-8-10-17-11-9-15/h4-7,15,17H,3,8-12H2,1-2H3. The molecule has 0 atom stereocenters. The number of carbonyl (C=O) groups excluding carboxylic acids is 1. The van der Waals surface area contributed by atoms with Gasteiger partial charge in [0.2, 0.25) is 0 Å². The van der Waals surface area contributed by atoms with E-state index in [2.05, 4.69) is 36.3 Å². The van der Waals surface area contributed by atoms with Crippen molar-refractivity contribution in [2.24, 2.45) is 0 Å². The van der Waals surface area contributed by atoms with Crippen molar-refractivity contribution in [2.45, 2.75) is 32.2 Å². The van der Waals surface area contributed by atoms with E-state index in [-0.39, 0.29) is 5.78 Å². The van der Waals surface area contributed by atoms with Gasteiger partial charge in [-0.15, -0.1) is 0 Å². The third-order valence-corrected chi connectivity index (χ3v) is 4.01. The zero-order valence-electron chi connectivity index (χ0n) is 12.0. The summed E-state index contributed by atoms with van der Waals surface area (Å²) in [5.74, 6) is 0.226. The largest absolute Gasteiger partial charge is 0.317 e. The van der Waals surface area contributed by atoms with Gasteiger partial charge in [-0.05, 0) is 45.0 Å². The molecule has 1 aliphatic heterocycles. The molecule has 1 saturated heterocycles. The number of nitrogens with one attached hydrogen (secondary N) is 1. The Bertz CT molecular complexity index is 407. The van der Waals surface area contributed by atoms with Gasteiger partial charge < -0.3 is 5.32 Å². The molecule has 1 aromatic rings. The molecule has 104 valence electrons. The van der Waals surface area contributed by atoms with Crippen LogP contribution in [0.4, 0.5) is 0 Å². The number of hydrogen-bond acceptors (Lipinski definition) is 3. The summed E-state index contributed by atoms with van der Waals surface area (Å²) in [4.78, 5) is 14.4. The maximum Gasteiger partial charge on any atom is 0.176 e. The fraction of sp³-hybridized carbons (Fsp3) is 0.562. The van der Waals surface area contributed by atoms with Crippen molar-refractivity contribution < 1.29 is 4.79 Å². The Labute approximate surface area is 116 Å². The van der Waals surface area contributed by atoms with Gasteiger partial charge >= 0.3 is 0 Å². The maximum atomic E-state index is 12.2. The van der Waals surface area contributed by atoms with Gasteiger partial charge in [0, 0.05) is 11.6 Å². The summed E-state index contributed by atoms with van der Waals surface area (Å²) in [6, 6.07) is 8.56. The SMILES string of the molecule is CCc1ccc(C(=O)CN(C)C2CCNCC2)cc1. The van der Waals surface area contributed by atoms with Crippen molar-refractivity contribution in [1.29, 1.82) is 0 Å². The van der Waals surface area contributed by atoms with E-state index in [4.69, 9.17) is 0 Å². The third kappa shape index (κ3) is 3.88. The normalized spacial score (nSPS) is 16.8. The van der Waals surface area contributed by atoms with Gasteiger partial charge in [-0.2, -0.15) is 0 Å². The number of likely N-dealkylation sites (N-methyl/N-ethyl adjacent to an activating group) is 1. The Morgan fingerprint density at radius 3 is 2.47 bits per heavy atom. The molecule has 1 aliphatic rings. The Morgan fingerprint density at radius 1 is 1.26 bits per heavy atom. The predicted molar refractivity (Wildman–Crippen MR) is 78.7 cm³/mol. The molecule has 19 heavy (non-hydrogen) atoms. The van der Waals surface area contributed by atoms with Crippen molar-refractivity contribution in [3.8, 4) is 0 Å². The van der Waals surface area contributed by atoms with Crippen LogP contribution >= 0.6 is 0 Å². The molecule has 0 spiro atoms. The first-order valence-electron chi connectivity index (χ1n) is 7.23. The number of benzene rings is 1. The molecule has 0 aliphatic carbocycles. The average Bonchev–Trinajstić information content (AvgIpc) is 2.48. The van der Waals surface area contributed by atoms with E-state index >= 15 is 0 Å². The molecule has 1 heterocycles. The summed E-state index contributed by atoms with van der Waals surface area (Å²) in [7, 11) is 2.06. The number of carbonyl (C=O) groups is 1. The van der Waals surface area contributed by atoms with Crippen molar-refractivity contribution in [2.75, 3.05) is 26.7 Å². The van der Waals surface area contributed by atoms with Gasteiger partial charge in [0.15, 0.2) is 5.78 Å². The minimum absolute atomic E-state index is 0.226. The van der Waals surface area contributed by atoms with Gasteiger partial charge in [-0.1, -0.05) is 31.2 Å². The highest BCUT2D eigenvalue weighted by atomic mass is 16.1. The van der Waals surface area contributed by atoms with E-state index in [9.17, 15) is 4.79 Å². The van der Waals surface area contributed by atoms with Gasteiger partial charge in [-0.3, -0.25) is 9.69 Å². The minimum atomic E-state index is 0.226. The number of rotatable bonds is 5. The molecule has 0 saturated carbocycles. The van der Waals surface area contributed by atoms with Crippen LogP contribution in [0.2, 0.25) is 0 Å². The molecule has 0 radical (unpaired) electrons. The first-order chi connectivity index (χ1) is 9.20. The molecule has 3 heteroatoms. The van der Waals surface area contributed by atoms with Crippen LogP contribution in [-0.4, -0.2) is 43.4 Å². The molecule has 1 fully saturated rings. The zero-order valence-corrected chi connectivity index (χ0v) is 12.0. The number of piperidine rings is 1. The van der Waals surface area contributed by atoms with E-state index in [1.807, 2.05) is 12.1 Å². The monoisotopic (exact) mass is 260 g/mol.